The first-order valence-electron chi connectivity index (χ1n) is 7.45. The van der Waals surface area contributed by atoms with Crippen molar-refractivity contribution in [3.63, 3.8) is 0 Å². The van der Waals surface area contributed by atoms with Crippen LogP contribution in [0.25, 0.3) is 0 Å². The molecule has 0 aliphatic heterocycles. The molecule has 0 spiro atoms. The maximum Gasteiger partial charge on any atom is 0.126 e. The van der Waals surface area contributed by atoms with E-state index in [0.717, 1.165) is 18.8 Å². The van der Waals surface area contributed by atoms with Crippen molar-refractivity contribution in [2.45, 2.75) is 61.4 Å². The van der Waals surface area contributed by atoms with E-state index in [-0.39, 0.29) is 0 Å². The summed E-state index contributed by atoms with van der Waals surface area (Å²) in [6, 6.07) is 4.32. The highest BCUT2D eigenvalue weighted by Crippen LogP contribution is 2.24. The molecule has 2 nitrogen and oxygen atoms in total. The van der Waals surface area contributed by atoms with Crippen molar-refractivity contribution < 1.29 is 4.74 Å². The molecule has 0 aliphatic carbocycles. The zero-order valence-electron chi connectivity index (χ0n) is 14.2. The Hall–Kier alpha value is -1.02. The Kier molecular flexibility index (Phi) is 14.3. The summed E-state index contributed by atoms with van der Waals surface area (Å²) < 4.78 is 5.39. The predicted octanol–water partition coefficient (Wildman–Crippen LogP) is 4.86. The summed E-state index contributed by atoms with van der Waals surface area (Å²) >= 11 is 0. The van der Waals surface area contributed by atoms with E-state index >= 15 is 0 Å². The van der Waals surface area contributed by atoms with Gasteiger partial charge < -0.3 is 10.1 Å². The van der Waals surface area contributed by atoms with Crippen LogP contribution in [0.4, 0.5) is 0 Å². The average Bonchev–Trinajstić information content (AvgIpc) is 2.39. The van der Waals surface area contributed by atoms with Crippen molar-refractivity contribution in [1.29, 1.82) is 0 Å². The molecule has 0 saturated carbocycles. The van der Waals surface area contributed by atoms with Gasteiger partial charge in [-0.1, -0.05) is 58.7 Å². The first-order valence-corrected chi connectivity index (χ1v) is 7.45. The summed E-state index contributed by atoms with van der Waals surface area (Å²) in [7, 11) is 1.73. The third-order valence-electron chi connectivity index (χ3n) is 2.27. The molecule has 1 rings (SSSR count). The Morgan fingerprint density at radius 2 is 1.58 bits per heavy atom. The van der Waals surface area contributed by atoms with Gasteiger partial charge in [0.2, 0.25) is 0 Å². The summed E-state index contributed by atoms with van der Waals surface area (Å²) in [6.45, 7) is 16.4. The number of hydrogen-bond donors (Lipinski definition) is 1. The highest BCUT2D eigenvalue weighted by molar-refractivity contribution is 5.43. The number of ether oxygens (including phenoxy) is 1. The summed E-state index contributed by atoms with van der Waals surface area (Å²) in [5, 5.41) is 3.31. The lowest BCUT2D eigenvalue weighted by Gasteiger charge is -2.12. The normalized spacial score (nSPS) is 8.84. The Morgan fingerprint density at radius 1 is 1.05 bits per heavy atom. The Balaban J connectivity index is 0. The van der Waals surface area contributed by atoms with E-state index in [0.29, 0.717) is 0 Å². The number of hydrogen-bond acceptors (Lipinski definition) is 2. The topological polar surface area (TPSA) is 21.3 Å². The van der Waals surface area contributed by atoms with Gasteiger partial charge in [0.25, 0.3) is 0 Å². The van der Waals surface area contributed by atoms with Crippen molar-refractivity contribution in [2.75, 3.05) is 13.7 Å². The smallest absolute Gasteiger partial charge is 0.126 e. The molecule has 0 bridgehead atoms. The van der Waals surface area contributed by atoms with Crippen molar-refractivity contribution in [1.82, 2.24) is 5.32 Å². The molecule has 112 valence electrons. The van der Waals surface area contributed by atoms with Gasteiger partial charge in [0, 0.05) is 12.1 Å². The summed E-state index contributed by atoms with van der Waals surface area (Å²) in [6.07, 6.45) is 1.25. The van der Waals surface area contributed by atoms with Gasteiger partial charge in [-0.25, -0.2) is 0 Å². The SMILES string of the molecule is CC.CCC.CCNCc1cc(C)cc(C)c1OC. The molecule has 0 unspecified atom stereocenters. The van der Waals surface area contributed by atoms with E-state index in [1.165, 1.54) is 23.1 Å². The van der Waals surface area contributed by atoms with Crippen LogP contribution in [0.3, 0.4) is 0 Å². The number of benzene rings is 1. The Labute approximate surface area is 120 Å². The lowest BCUT2D eigenvalue weighted by atomic mass is 10.1. The maximum atomic E-state index is 5.39. The number of aryl methyl sites for hydroxylation is 2. The number of rotatable bonds is 4. The van der Waals surface area contributed by atoms with Crippen LogP contribution in [0.5, 0.6) is 5.75 Å². The minimum Gasteiger partial charge on any atom is -0.496 e. The summed E-state index contributed by atoms with van der Waals surface area (Å²) in [5.41, 5.74) is 3.74. The second-order valence-corrected chi connectivity index (χ2v) is 4.26. The highest BCUT2D eigenvalue weighted by Gasteiger charge is 2.06. The molecule has 1 aromatic carbocycles. The van der Waals surface area contributed by atoms with E-state index in [9.17, 15) is 0 Å². The molecule has 0 aromatic heterocycles. The summed E-state index contributed by atoms with van der Waals surface area (Å²) in [5.74, 6) is 1.01. The number of nitrogens with one attached hydrogen (secondary N) is 1. The van der Waals surface area contributed by atoms with Crippen molar-refractivity contribution in [3.8, 4) is 5.75 Å². The summed E-state index contributed by atoms with van der Waals surface area (Å²) in [4.78, 5) is 0. The van der Waals surface area contributed by atoms with Crippen LogP contribution in [0.1, 0.15) is 57.7 Å². The fourth-order valence-corrected chi connectivity index (χ4v) is 1.73. The van der Waals surface area contributed by atoms with Crippen LogP contribution < -0.4 is 10.1 Å². The quantitative estimate of drug-likeness (QED) is 0.841. The van der Waals surface area contributed by atoms with E-state index in [2.05, 4.69) is 52.1 Å². The molecular formula is C17H33NO. The first kappa shape index (κ1) is 20.3. The van der Waals surface area contributed by atoms with Gasteiger partial charge >= 0.3 is 0 Å². The average molecular weight is 267 g/mol. The zero-order valence-corrected chi connectivity index (χ0v) is 14.2. The molecule has 0 saturated heterocycles. The first-order chi connectivity index (χ1) is 9.10. The monoisotopic (exact) mass is 267 g/mol. The van der Waals surface area contributed by atoms with E-state index < -0.39 is 0 Å². The van der Waals surface area contributed by atoms with Crippen LogP contribution >= 0.6 is 0 Å². The number of methoxy groups -OCH3 is 1. The molecule has 0 fully saturated rings. The minimum atomic E-state index is 0.877. The third-order valence-corrected chi connectivity index (χ3v) is 2.27. The maximum absolute atomic E-state index is 5.39. The molecular weight excluding hydrogens is 234 g/mol. The van der Waals surface area contributed by atoms with Crippen LogP contribution in [-0.2, 0) is 6.54 Å². The minimum absolute atomic E-state index is 0.877. The zero-order chi connectivity index (χ0) is 15.3. The fourth-order valence-electron chi connectivity index (χ4n) is 1.73. The van der Waals surface area contributed by atoms with Gasteiger partial charge in [-0.2, -0.15) is 0 Å². The molecule has 0 aliphatic rings. The molecule has 19 heavy (non-hydrogen) atoms. The Bertz CT molecular complexity index is 321. The van der Waals surface area contributed by atoms with Gasteiger partial charge in [0.15, 0.2) is 0 Å². The lowest BCUT2D eigenvalue weighted by Crippen LogP contribution is -2.13. The second-order valence-electron chi connectivity index (χ2n) is 4.26. The van der Waals surface area contributed by atoms with E-state index in [4.69, 9.17) is 4.74 Å². The van der Waals surface area contributed by atoms with E-state index in [1.54, 1.807) is 7.11 Å². The van der Waals surface area contributed by atoms with Crippen LogP contribution in [0, 0.1) is 13.8 Å². The van der Waals surface area contributed by atoms with Gasteiger partial charge in [0.1, 0.15) is 5.75 Å². The molecule has 0 radical (unpaired) electrons. The molecule has 2 heteroatoms. The van der Waals surface area contributed by atoms with Crippen molar-refractivity contribution >= 4 is 0 Å². The van der Waals surface area contributed by atoms with Gasteiger partial charge in [-0.3, -0.25) is 0 Å². The molecule has 0 heterocycles. The van der Waals surface area contributed by atoms with Gasteiger partial charge in [-0.15, -0.1) is 0 Å². The van der Waals surface area contributed by atoms with Crippen molar-refractivity contribution in [3.05, 3.63) is 28.8 Å². The molecule has 0 atom stereocenters. The van der Waals surface area contributed by atoms with Crippen molar-refractivity contribution in [2.24, 2.45) is 0 Å². The van der Waals surface area contributed by atoms with Crippen LogP contribution in [0.15, 0.2) is 12.1 Å². The standard InChI is InChI=1S/C12H19NO.C3H8.C2H6/c1-5-13-8-11-7-9(2)6-10(3)12(11)14-4;1-3-2;1-2/h6-7,13H,5,8H2,1-4H3;3H2,1-2H3;1-2H3. The lowest BCUT2D eigenvalue weighted by molar-refractivity contribution is 0.404. The Morgan fingerprint density at radius 3 is 2.00 bits per heavy atom. The largest absolute Gasteiger partial charge is 0.496 e. The highest BCUT2D eigenvalue weighted by atomic mass is 16.5. The fraction of sp³-hybridized carbons (Fsp3) is 0.647. The van der Waals surface area contributed by atoms with Gasteiger partial charge in [0.05, 0.1) is 7.11 Å². The molecule has 1 aromatic rings. The predicted molar refractivity (Wildman–Crippen MR) is 87.2 cm³/mol. The molecule has 0 amide bonds. The van der Waals surface area contributed by atoms with Gasteiger partial charge in [-0.05, 0) is 26.0 Å². The second kappa shape index (κ2) is 13.4. The van der Waals surface area contributed by atoms with Crippen LogP contribution in [-0.4, -0.2) is 13.7 Å². The molecule has 1 N–H and O–H groups in total. The van der Waals surface area contributed by atoms with E-state index in [1.807, 2.05) is 13.8 Å². The third kappa shape index (κ3) is 8.66. The van der Waals surface area contributed by atoms with Crippen LogP contribution in [0.2, 0.25) is 0 Å².